The molecule has 11 heteroatoms. The zero-order valence-electron chi connectivity index (χ0n) is 20.8. The highest BCUT2D eigenvalue weighted by Crippen LogP contribution is 2.29. The normalized spacial score (nSPS) is 16.5. The Balaban J connectivity index is 1.09. The number of hydrogen-bond acceptors (Lipinski definition) is 6. The first-order valence-electron chi connectivity index (χ1n) is 12.5. The molecule has 3 heterocycles. The van der Waals surface area contributed by atoms with Gasteiger partial charge >= 0.3 is 5.97 Å². The largest absolute Gasteiger partial charge is 0.501 e. The smallest absolute Gasteiger partial charge is 0.335 e. The zero-order chi connectivity index (χ0) is 26.9. The van der Waals surface area contributed by atoms with Crippen LogP contribution in [0.15, 0.2) is 60.7 Å². The lowest BCUT2D eigenvalue weighted by molar-refractivity contribution is 0.0129. The third-order valence-electron chi connectivity index (χ3n) is 6.59. The van der Waals surface area contributed by atoms with Gasteiger partial charge in [-0.3, -0.25) is 4.90 Å². The van der Waals surface area contributed by atoms with Gasteiger partial charge in [0.1, 0.15) is 30.0 Å². The molecule has 4 aromatic rings. The van der Waals surface area contributed by atoms with E-state index in [-0.39, 0.29) is 21.0 Å². The summed E-state index contributed by atoms with van der Waals surface area (Å²) in [4.78, 5) is 18.6. The van der Waals surface area contributed by atoms with Gasteiger partial charge < -0.3 is 23.5 Å². The molecule has 1 aromatic heterocycles. The number of aromatic carboxylic acids is 1. The van der Waals surface area contributed by atoms with Gasteiger partial charge in [0.25, 0.3) is 0 Å². The van der Waals surface area contributed by atoms with Crippen molar-refractivity contribution in [2.45, 2.75) is 25.7 Å². The lowest BCUT2D eigenvalue weighted by atomic mass is 10.1. The van der Waals surface area contributed by atoms with Crippen LogP contribution in [0, 0.1) is 0 Å². The Morgan fingerprint density at radius 2 is 1.97 bits per heavy atom. The number of likely N-dealkylation sites (tertiary alicyclic amines) is 1. The second-order valence-corrected chi connectivity index (χ2v) is 11.5. The molecule has 2 aliphatic heterocycles. The molecule has 39 heavy (non-hydrogen) atoms. The number of fused-ring (bicyclic) bond motifs is 1. The van der Waals surface area contributed by atoms with Crippen LogP contribution in [0.3, 0.4) is 0 Å². The van der Waals surface area contributed by atoms with Gasteiger partial charge in [0.15, 0.2) is 0 Å². The van der Waals surface area contributed by atoms with Gasteiger partial charge in [0.05, 0.1) is 40.1 Å². The average Bonchev–Trinajstić information content (AvgIpc) is 3.20. The molecule has 0 bridgehead atoms. The Labute approximate surface area is 237 Å². The molecule has 0 spiro atoms. The van der Waals surface area contributed by atoms with E-state index >= 15 is 0 Å². The van der Waals surface area contributed by atoms with Gasteiger partial charge in [-0.15, -0.1) is 0 Å². The molecule has 2 fully saturated rings. The summed E-state index contributed by atoms with van der Waals surface area (Å²) in [6, 6.07) is 18.1. The number of halogens is 2. The molecule has 8 nitrogen and oxygen atoms in total. The predicted octanol–water partition coefficient (Wildman–Crippen LogP) is 4.90. The SMILES string of the molecule is O=C(O)c1ccc2nc(CN3CC(Oc4cccc(COc5ccc(Cl)cc5Cl)c4)C3)n([Si]=C3CCO3)c2c1. The van der Waals surface area contributed by atoms with Crippen molar-refractivity contribution in [2.24, 2.45) is 0 Å². The highest BCUT2D eigenvalue weighted by atomic mass is 35.5. The van der Waals surface area contributed by atoms with Crippen molar-refractivity contribution in [3.05, 3.63) is 87.7 Å². The minimum Gasteiger partial charge on any atom is -0.501 e. The summed E-state index contributed by atoms with van der Waals surface area (Å²) in [5.41, 5.74) is 2.83. The molecular weight excluding hydrogens is 557 g/mol. The molecule has 6 rings (SSSR count). The number of ether oxygens (including phenoxy) is 3. The van der Waals surface area contributed by atoms with Crippen LogP contribution in [0.4, 0.5) is 0 Å². The summed E-state index contributed by atoms with van der Waals surface area (Å²) in [6.45, 7) is 3.27. The van der Waals surface area contributed by atoms with E-state index in [9.17, 15) is 9.90 Å². The number of carboxylic acids is 1. The molecule has 2 aliphatic rings. The Kier molecular flexibility index (Phi) is 7.31. The molecule has 0 atom stereocenters. The number of rotatable bonds is 9. The van der Waals surface area contributed by atoms with Crippen LogP contribution >= 0.6 is 23.2 Å². The van der Waals surface area contributed by atoms with Crippen molar-refractivity contribution in [3.63, 3.8) is 0 Å². The Hall–Kier alpha value is -3.37. The lowest BCUT2D eigenvalue weighted by Crippen LogP contribution is -2.53. The van der Waals surface area contributed by atoms with E-state index in [1.165, 1.54) is 0 Å². The number of benzene rings is 3. The third kappa shape index (κ3) is 5.81. The first kappa shape index (κ1) is 25.9. The minimum atomic E-state index is -0.950. The third-order valence-corrected chi connectivity index (χ3v) is 8.49. The van der Waals surface area contributed by atoms with Crippen LogP contribution in [0.25, 0.3) is 11.0 Å². The number of carbonyl (C=O) groups is 1. The maximum Gasteiger partial charge on any atom is 0.335 e. The molecule has 199 valence electrons. The van der Waals surface area contributed by atoms with Gasteiger partial charge in [-0.2, -0.15) is 0 Å². The Bertz CT molecular complexity index is 1580. The van der Waals surface area contributed by atoms with Crippen LogP contribution < -0.4 is 9.47 Å². The van der Waals surface area contributed by atoms with Gasteiger partial charge in [-0.1, -0.05) is 35.3 Å². The first-order chi connectivity index (χ1) is 18.9. The van der Waals surface area contributed by atoms with Crippen molar-refractivity contribution in [1.82, 2.24) is 14.1 Å². The Morgan fingerprint density at radius 1 is 1.13 bits per heavy atom. The number of nitrogens with zero attached hydrogens (tertiary/aromatic N) is 3. The van der Waals surface area contributed by atoms with E-state index in [1.807, 2.05) is 24.3 Å². The molecule has 3 aromatic carbocycles. The number of aromatic nitrogens is 2. The molecule has 1 radical (unpaired) electrons. The lowest BCUT2D eigenvalue weighted by Gasteiger charge is -2.38. The summed E-state index contributed by atoms with van der Waals surface area (Å²) >= 11 is 12.2. The highest BCUT2D eigenvalue weighted by molar-refractivity contribution is 6.52. The number of hydrogen-bond donors (Lipinski definition) is 1. The fourth-order valence-corrected chi connectivity index (χ4v) is 6.13. The van der Waals surface area contributed by atoms with Crippen LogP contribution in [0.2, 0.25) is 10.0 Å². The van der Waals surface area contributed by atoms with Crippen molar-refractivity contribution >= 4 is 54.9 Å². The maximum atomic E-state index is 11.5. The topological polar surface area (TPSA) is 86.0 Å². The van der Waals surface area contributed by atoms with Gasteiger partial charge in [-0.05, 0) is 54.1 Å². The van der Waals surface area contributed by atoms with Gasteiger partial charge in [0, 0.05) is 24.5 Å². The molecule has 2 saturated heterocycles. The van der Waals surface area contributed by atoms with Crippen molar-refractivity contribution in [2.75, 3.05) is 19.7 Å². The fraction of sp³-hybridized carbons (Fsp3) is 0.250. The van der Waals surface area contributed by atoms with E-state index in [4.69, 9.17) is 42.4 Å². The van der Waals surface area contributed by atoms with Crippen LogP contribution in [-0.2, 0) is 17.9 Å². The summed E-state index contributed by atoms with van der Waals surface area (Å²) in [5.74, 6) is 1.31. The second kappa shape index (κ2) is 11.0. The molecule has 0 unspecified atom stereocenters. The van der Waals surface area contributed by atoms with E-state index < -0.39 is 5.97 Å². The van der Waals surface area contributed by atoms with E-state index in [0.717, 1.165) is 59.6 Å². The molecule has 0 saturated carbocycles. The standard InChI is InChI=1S/C28H24Cl2N3O5Si/c29-19-5-7-25(22(30)12-19)37-16-17-2-1-3-20(10-17)38-21-13-32(14-21)15-26-31-23-6-4-18(28(34)35)11-24(23)33(26)39-27-8-9-36-27/h1-7,10-12,21H,8-9,13-16H2,(H,34,35). The summed E-state index contributed by atoms with van der Waals surface area (Å²) < 4.78 is 19.8. The zero-order valence-corrected chi connectivity index (χ0v) is 23.3. The van der Waals surface area contributed by atoms with Crippen LogP contribution in [-0.4, -0.2) is 65.6 Å². The molecule has 1 N–H and O–H groups in total. The van der Waals surface area contributed by atoms with Crippen molar-refractivity contribution in [1.29, 1.82) is 0 Å². The van der Waals surface area contributed by atoms with Crippen molar-refractivity contribution < 1.29 is 24.1 Å². The molecule has 0 amide bonds. The second-order valence-electron chi connectivity index (χ2n) is 9.45. The highest BCUT2D eigenvalue weighted by Gasteiger charge is 2.30. The number of imidazole rings is 1. The average molecular weight is 582 g/mol. The monoisotopic (exact) mass is 580 g/mol. The van der Waals surface area contributed by atoms with Crippen LogP contribution in [0.1, 0.15) is 28.2 Å². The van der Waals surface area contributed by atoms with E-state index in [1.54, 1.807) is 36.4 Å². The summed E-state index contributed by atoms with van der Waals surface area (Å²) in [5, 5.41) is 11.5. The predicted molar refractivity (Wildman–Crippen MR) is 150 cm³/mol. The van der Waals surface area contributed by atoms with Crippen molar-refractivity contribution in [3.8, 4) is 11.5 Å². The fourth-order valence-electron chi connectivity index (χ4n) is 4.49. The Morgan fingerprint density at radius 3 is 2.72 bits per heavy atom. The maximum absolute atomic E-state index is 11.5. The molecular formula is C28H24Cl2N3O5Si. The van der Waals surface area contributed by atoms with Crippen LogP contribution in [0.5, 0.6) is 11.5 Å². The summed E-state index contributed by atoms with van der Waals surface area (Å²) in [7, 11) is 0.286. The van der Waals surface area contributed by atoms with Gasteiger partial charge in [-0.25, -0.2) is 9.78 Å². The van der Waals surface area contributed by atoms with Gasteiger partial charge in [0.2, 0.25) is 9.29 Å². The molecule has 0 aliphatic carbocycles. The van der Waals surface area contributed by atoms with E-state index in [2.05, 4.69) is 9.13 Å². The van der Waals surface area contributed by atoms with E-state index in [0.29, 0.717) is 28.9 Å². The first-order valence-corrected chi connectivity index (χ1v) is 14.2. The summed E-state index contributed by atoms with van der Waals surface area (Å²) in [6.07, 6.45) is 0.988. The minimum absolute atomic E-state index is 0.0649. The number of carboxylic acid groups (broad SMARTS) is 1. The quantitative estimate of drug-likeness (QED) is 0.282.